The molecular weight excluding hydrogens is 448 g/mol. The van der Waals surface area contributed by atoms with Gasteiger partial charge in [0.05, 0.1) is 12.7 Å². The molecule has 0 amide bonds. The Hall–Kier alpha value is -3.61. The van der Waals surface area contributed by atoms with E-state index in [9.17, 15) is 0 Å². The lowest BCUT2D eigenvalue weighted by molar-refractivity contribution is 0.261. The minimum absolute atomic E-state index is 0.373. The standard InChI is InChI=1S/C27H27ClN4O2/c1-32(2)17-18-34-23-15-11-21(12-16-23)29-27-24(19-7-5-4-6-8-19)25(28)30-26(31-27)20-9-13-22(33-3)14-10-20/h4-16H,17-18H2,1-3H3,(H,29,30,31). The molecule has 6 nitrogen and oxygen atoms in total. The van der Waals surface area contributed by atoms with Crippen molar-refractivity contribution in [1.82, 2.24) is 14.9 Å². The average Bonchev–Trinajstić information content (AvgIpc) is 2.85. The summed E-state index contributed by atoms with van der Waals surface area (Å²) in [7, 11) is 5.68. The number of nitrogens with one attached hydrogen (secondary N) is 1. The molecular formula is C27H27ClN4O2. The van der Waals surface area contributed by atoms with Gasteiger partial charge < -0.3 is 19.7 Å². The van der Waals surface area contributed by atoms with Crippen molar-refractivity contribution in [2.45, 2.75) is 0 Å². The molecule has 34 heavy (non-hydrogen) atoms. The lowest BCUT2D eigenvalue weighted by Crippen LogP contribution is -2.19. The largest absolute Gasteiger partial charge is 0.497 e. The van der Waals surface area contributed by atoms with Crippen LogP contribution in [0.5, 0.6) is 11.5 Å². The third-order valence-electron chi connectivity index (χ3n) is 5.20. The Labute approximate surface area is 205 Å². The maximum atomic E-state index is 6.71. The van der Waals surface area contributed by atoms with Crippen LogP contribution in [0.15, 0.2) is 78.9 Å². The highest BCUT2D eigenvalue weighted by Crippen LogP contribution is 2.36. The Bertz CT molecular complexity index is 1210. The molecule has 0 bridgehead atoms. The van der Waals surface area contributed by atoms with Crippen molar-refractivity contribution in [3.8, 4) is 34.0 Å². The highest BCUT2D eigenvalue weighted by Gasteiger charge is 2.16. The van der Waals surface area contributed by atoms with Crippen LogP contribution in [0.25, 0.3) is 22.5 Å². The predicted molar refractivity (Wildman–Crippen MR) is 138 cm³/mol. The SMILES string of the molecule is COc1ccc(-c2nc(Cl)c(-c3ccccc3)c(Nc3ccc(OCCN(C)C)cc3)n2)cc1. The van der Waals surface area contributed by atoms with Crippen molar-refractivity contribution in [2.75, 3.05) is 39.7 Å². The third-order valence-corrected chi connectivity index (χ3v) is 5.47. The number of rotatable bonds is 9. The van der Waals surface area contributed by atoms with E-state index < -0.39 is 0 Å². The van der Waals surface area contributed by atoms with Crippen LogP contribution in [0.3, 0.4) is 0 Å². The zero-order valence-corrected chi connectivity index (χ0v) is 20.2. The molecule has 174 valence electrons. The molecule has 1 aromatic heterocycles. The molecule has 0 fully saturated rings. The van der Waals surface area contributed by atoms with Gasteiger partial charge in [-0.1, -0.05) is 41.9 Å². The van der Waals surface area contributed by atoms with Crippen molar-refractivity contribution < 1.29 is 9.47 Å². The first-order valence-electron chi connectivity index (χ1n) is 11.0. The molecule has 0 spiro atoms. The van der Waals surface area contributed by atoms with Crippen molar-refractivity contribution in [1.29, 1.82) is 0 Å². The second-order valence-electron chi connectivity index (χ2n) is 7.96. The summed E-state index contributed by atoms with van der Waals surface area (Å²) in [5, 5.41) is 3.80. The fraction of sp³-hybridized carbons (Fsp3) is 0.185. The van der Waals surface area contributed by atoms with Gasteiger partial charge in [-0.25, -0.2) is 9.97 Å². The summed E-state index contributed by atoms with van der Waals surface area (Å²) < 4.78 is 11.1. The molecule has 1 N–H and O–H groups in total. The van der Waals surface area contributed by atoms with E-state index in [4.69, 9.17) is 26.1 Å². The number of nitrogens with zero attached hydrogens (tertiary/aromatic N) is 3. The molecule has 0 unspecified atom stereocenters. The Kier molecular flexibility index (Phi) is 7.62. The maximum absolute atomic E-state index is 6.71. The van der Waals surface area contributed by atoms with Crippen LogP contribution in [0, 0.1) is 0 Å². The fourth-order valence-corrected chi connectivity index (χ4v) is 3.65. The second kappa shape index (κ2) is 11.0. The van der Waals surface area contributed by atoms with Gasteiger partial charge >= 0.3 is 0 Å². The van der Waals surface area contributed by atoms with Gasteiger partial charge in [0, 0.05) is 17.8 Å². The number of aromatic nitrogens is 2. The monoisotopic (exact) mass is 474 g/mol. The Morgan fingerprint density at radius 3 is 2.15 bits per heavy atom. The maximum Gasteiger partial charge on any atom is 0.163 e. The van der Waals surface area contributed by atoms with Gasteiger partial charge in [0.2, 0.25) is 0 Å². The number of ether oxygens (including phenoxy) is 2. The van der Waals surface area contributed by atoms with Crippen molar-refractivity contribution in [2.24, 2.45) is 0 Å². The lowest BCUT2D eigenvalue weighted by Gasteiger charge is -2.15. The number of anilines is 2. The zero-order chi connectivity index (χ0) is 23.9. The fourth-order valence-electron chi connectivity index (χ4n) is 3.37. The highest BCUT2D eigenvalue weighted by atomic mass is 35.5. The predicted octanol–water partition coefficient (Wildman–Crippen LogP) is 6.16. The van der Waals surface area contributed by atoms with Crippen LogP contribution in [0.1, 0.15) is 0 Å². The Morgan fingerprint density at radius 2 is 1.50 bits per heavy atom. The normalized spacial score (nSPS) is 10.9. The van der Waals surface area contributed by atoms with Crippen molar-refractivity contribution in [3.05, 3.63) is 84.0 Å². The summed E-state index contributed by atoms with van der Waals surface area (Å²) >= 11 is 6.71. The van der Waals surface area contributed by atoms with E-state index in [-0.39, 0.29) is 0 Å². The van der Waals surface area contributed by atoms with Gasteiger partial charge in [0.1, 0.15) is 29.1 Å². The summed E-state index contributed by atoms with van der Waals surface area (Å²) in [5.41, 5.74) is 3.38. The summed E-state index contributed by atoms with van der Waals surface area (Å²) in [5.74, 6) is 2.73. The average molecular weight is 475 g/mol. The first-order chi connectivity index (χ1) is 16.5. The second-order valence-corrected chi connectivity index (χ2v) is 8.32. The molecule has 0 saturated heterocycles. The zero-order valence-electron chi connectivity index (χ0n) is 19.5. The van der Waals surface area contributed by atoms with Gasteiger partial charge in [-0.3, -0.25) is 0 Å². The van der Waals surface area contributed by atoms with Crippen LogP contribution in [0.4, 0.5) is 11.5 Å². The molecule has 0 saturated carbocycles. The smallest absolute Gasteiger partial charge is 0.163 e. The van der Waals surface area contributed by atoms with E-state index in [2.05, 4.69) is 15.2 Å². The third kappa shape index (κ3) is 5.84. The molecule has 7 heteroatoms. The molecule has 0 atom stereocenters. The molecule has 1 heterocycles. The number of benzene rings is 3. The highest BCUT2D eigenvalue weighted by molar-refractivity contribution is 6.33. The van der Waals surface area contributed by atoms with Gasteiger partial charge in [-0.05, 0) is 68.2 Å². The molecule has 0 aliphatic carbocycles. The van der Waals surface area contributed by atoms with E-state index in [1.54, 1.807) is 7.11 Å². The number of hydrogen-bond acceptors (Lipinski definition) is 6. The van der Waals surface area contributed by atoms with Gasteiger partial charge in [0.15, 0.2) is 5.82 Å². The van der Waals surface area contributed by atoms with Crippen LogP contribution in [0.2, 0.25) is 5.15 Å². The van der Waals surface area contributed by atoms with E-state index in [0.29, 0.717) is 23.4 Å². The first kappa shape index (κ1) is 23.5. The van der Waals surface area contributed by atoms with E-state index in [1.165, 1.54) is 0 Å². The first-order valence-corrected chi connectivity index (χ1v) is 11.3. The summed E-state index contributed by atoms with van der Waals surface area (Å²) in [6.45, 7) is 1.48. The van der Waals surface area contributed by atoms with Crippen molar-refractivity contribution in [3.63, 3.8) is 0 Å². The van der Waals surface area contributed by atoms with Crippen LogP contribution >= 0.6 is 11.6 Å². The summed E-state index contributed by atoms with van der Waals surface area (Å²) in [4.78, 5) is 11.5. The molecule has 0 aliphatic heterocycles. The van der Waals surface area contributed by atoms with Crippen LogP contribution < -0.4 is 14.8 Å². The minimum atomic E-state index is 0.373. The Morgan fingerprint density at radius 1 is 0.824 bits per heavy atom. The van der Waals surface area contributed by atoms with Crippen molar-refractivity contribution >= 4 is 23.1 Å². The molecule has 4 aromatic rings. The van der Waals surface area contributed by atoms with Gasteiger partial charge in [-0.2, -0.15) is 0 Å². The number of halogens is 1. The molecule has 3 aromatic carbocycles. The van der Waals surface area contributed by atoms with E-state index >= 15 is 0 Å². The van der Waals surface area contributed by atoms with Crippen LogP contribution in [-0.4, -0.2) is 49.2 Å². The quantitative estimate of drug-likeness (QED) is 0.293. The Balaban J connectivity index is 1.66. The number of hydrogen-bond donors (Lipinski definition) is 1. The van der Waals surface area contributed by atoms with Gasteiger partial charge in [0.25, 0.3) is 0 Å². The minimum Gasteiger partial charge on any atom is -0.497 e. The lowest BCUT2D eigenvalue weighted by atomic mass is 10.1. The molecule has 0 aliphatic rings. The number of methoxy groups -OCH3 is 1. The number of likely N-dealkylation sites (N-methyl/N-ethyl adjacent to an activating group) is 1. The van der Waals surface area contributed by atoms with E-state index in [1.807, 2.05) is 93.0 Å². The van der Waals surface area contributed by atoms with E-state index in [0.717, 1.165) is 40.4 Å². The summed E-state index contributed by atoms with van der Waals surface area (Å²) in [6, 6.07) is 25.2. The van der Waals surface area contributed by atoms with Gasteiger partial charge in [-0.15, -0.1) is 0 Å². The van der Waals surface area contributed by atoms with Crippen LogP contribution in [-0.2, 0) is 0 Å². The topological polar surface area (TPSA) is 59.5 Å². The summed E-state index contributed by atoms with van der Waals surface area (Å²) in [6.07, 6.45) is 0. The molecule has 4 rings (SSSR count). The molecule has 0 radical (unpaired) electrons.